The monoisotopic (exact) mass is 478 g/mol. The molecule has 0 aromatic heterocycles. The molecule has 1 aliphatic rings. The molecule has 0 spiro atoms. The Morgan fingerprint density at radius 3 is 1.79 bits per heavy atom. The van der Waals surface area contributed by atoms with Gasteiger partial charge in [-0.25, -0.2) is 0 Å². The number of unbranched alkanes of at least 4 members (excludes halogenated alkanes) is 14. The van der Waals surface area contributed by atoms with Gasteiger partial charge in [0.2, 0.25) is 5.84 Å². The molecule has 4 heteroatoms. The lowest BCUT2D eigenvalue weighted by Crippen LogP contribution is -3.00. The normalized spacial score (nSPS) is 13.6. The topological polar surface area (TPSA) is 26.5 Å². The highest BCUT2D eigenvalue weighted by atomic mass is 35.5. The van der Waals surface area contributed by atoms with E-state index in [0.717, 1.165) is 32.6 Å². The average Bonchev–Trinajstić information content (AvgIpc) is 3.18. The van der Waals surface area contributed by atoms with Gasteiger partial charge >= 0.3 is 0 Å². The number of rotatable bonds is 20. The van der Waals surface area contributed by atoms with Crippen LogP contribution in [0.2, 0.25) is 0 Å². The Kier molecular flexibility index (Phi) is 18.5. The number of aliphatic hydroxyl groups is 1. The Labute approximate surface area is 211 Å². The SMILES string of the molecule is CCCCCCCCCCCCCCCCCC1=[N+](Cc2ccccc2)CCN1CCO.[Cl-]. The molecular formula is C29H51ClN2O. The molecule has 3 nitrogen and oxygen atoms in total. The van der Waals surface area contributed by atoms with Gasteiger partial charge in [-0.2, -0.15) is 0 Å². The van der Waals surface area contributed by atoms with Crippen molar-refractivity contribution in [2.75, 3.05) is 26.2 Å². The number of β-amino-alcohol motifs (C(OH)–C–C–N with tert-alkyl or cyclic N) is 1. The molecule has 0 unspecified atom stereocenters. The number of nitrogens with zero attached hydrogens (tertiary/aromatic N) is 2. The molecular weight excluding hydrogens is 428 g/mol. The molecule has 0 saturated carbocycles. The van der Waals surface area contributed by atoms with Crippen molar-refractivity contribution in [1.82, 2.24) is 4.90 Å². The largest absolute Gasteiger partial charge is 1.00 e. The predicted molar refractivity (Wildman–Crippen MR) is 138 cm³/mol. The fraction of sp³-hybridized carbons (Fsp3) is 0.759. The van der Waals surface area contributed by atoms with Crippen molar-refractivity contribution in [2.45, 2.75) is 116 Å². The first kappa shape index (κ1) is 30.0. The van der Waals surface area contributed by atoms with Crippen LogP contribution in [-0.4, -0.2) is 46.7 Å². The zero-order valence-electron chi connectivity index (χ0n) is 21.5. The second-order valence-electron chi connectivity index (χ2n) is 9.73. The molecule has 1 aromatic rings. The van der Waals surface area contributed by atoms with E-state index in [1.165, 1.54) is 108 Å². The minimum absolute atomic E-state index is 0. The number of benzene rings is 1. The summed E-state index contributed by atoms with van der Waals surface area (Å²) in [6.45, 7) is 6.46. The van der Waals surface area contributed by atoms with Crippen LogP contribution < -0.4 is 12.4 Å². The van der Waals surface area contributed by atoms with Crippen molar-refractivity contribution in [3.8, 4) is 0 Å². The number of amidine groups is 1. The van der Waals surface area contributed by atoms with Crippen molar-refractivity contribution < 1.29 is 22.1 Å². The summed E-state index contributed by atoms with van der Waals surface area (Å²) in [4.78, 5) is 2.41. The van der Waals surface area contributed by atoms with E-state index < -0.39 is 0 Å². The minimum Gasteiger partial charge on any atom is -1.00 e. The smallest absolute Gasteiger partial charge is 0.247 e. The van der Waals surface area contributed by atoms with Gasteiger partial charge in [0.15, 0.2) is 0 Å². The zero-order chi connectivity index (χ0) is 22.7. The maximum absolute atomic E-state index is 9.45. The quantitative estimate of drug-likeness (QED) is 0.225. The third kappa shape index (κ3) is 13.4. The third-order valence-electron chi connectivity index (χ3n) is 6.96. The van der Waals surface area contributed by atoms with Gasteiger partial charge in [-0.05, 0) is 12.0 Å². The van der Waals surface area contributed by atoms with E-state index in [2.05, 4.69) is 46.7 Å². The summed E-state index contributed by atoms with van der Waals surface area (Å²) in [5, 5.41) is 9.45. The summed E-state index contributed by atoms with van der Waals surface area (Å²) in [6, 6.07) is 10.8. The maximum atomic E-state index is 9.45. The maximum Gasteiger partial charge on any atom is 0.247 e. The van der Waals surface area contributed by atoms with E-state index in [4.69, 9.17) is 0 Å². The molecule has 190 valence electrons. The molecule has 1 aromatic carbocycles. The van der Waals surface area contributed by atoms with E-state index in [1.807, 2.05) is 0 Å². The second kappa shape index (κ2) is 20.3. The number of hydrogen-bond donors (Lipinski definition) is 1. The summed E-state index contributed by atoms with van der Waals surface area (Å²) < 4.78 is 2.54. The van der Waals surface area contributed by atoms with E-state index in [0.29, 0.717) is 0 Å². The van der Waals surface area contributed by atoms with Crippen LogP contribution in [0.1, 0.15) is 115 Å². The molecule has 2 rings (SSSR count). The predicted octanol–water partition coefficient (Wildman–Crippen LogP) is 4.17. The third-order valence-corrected chi connectivity index (χ3v) is 6.96. The first-order chi connectivity index (χ1) is 15.8. The highest BCUT2D eigenvalue weighted by Crippen LogP contribution is 2.16. The van der Waals surface area contributed by atoms with Crippen LogP contribution in [0, 0.1) is 0 Å². The van der Waals surface area contributed by atoms with Crippen LogP contribution in [-0.2, 0) is 6.54 Å². The second-order valence-corrected chi connectivity index (χ2v) is 9.73. The van der Waals surface area contributed by atoms with E-state index >= 15 is 0 Å². The molecule has 0 radical (unpaired) electrons. The van der Waals surface area contributed by atoms with Crippen molar-refractivity contribution in [2.24, 2.45) is 0 Å². The van der Waals surface area contributed by atoms with Gasteiger partial charge in [0.25, 0.3) is 0 Å². The lowest BCUT2D eigenvalue weighted by atomic mass is 10.0. The Morgan fingerprint density at radius 2 is 1.27 bits per heavy atom. The van der Waals surface area contributed by atoms with Crippen LogP contribution in [0.5, 0.6) is 0 Å². The molecule has 0 bridgehead atoms. The fourth-order valence-corrected chi connectivity index (χ4v) is 5.01. The molecule has 33 heavy (non-hydrogen) atoms. The fourth-order valence-electron chi connectivity index (χ4n) is 5.01. The van der Waals surface area contributed by atoms with Crippen molar-refractivity contribution in [1.29, 1.82) is 0 Å². The Bertz CT molecular complexity index is 605. The molecule has 0 atom stereocenters. The van der Waals surface area contributed by atoms with Gasteiger partial charge in [0.05, 0.1) is 6.61 Å². The summed E-state index contributed by atoms with van der Waals surface area (Å²) >= 11 is 0. The van der Waals surface area contributed by atoms with Gasteiger partial charge in [-0.1, -0.05) is 127 Å². The highest BCUT2D eigenvalue weighted by Gasteiger charge is 2.29. The van der Waals surface area contributed by atoms with Gasteiger partial charge in [-0.15, -0.1) is 0 Å². The number of halogens is 1. The Morgan fingerprint density at radius 1 is 0.758 bits per heavy atom. The molecule has 0 aliphatic carbocycles. The van der Waals surface area contributed by atoms with Gasteiger partial charge in [0.1, 0.15) is 26.2 Å². The van der Waals surface area contributed by atoms with Crippen LogP contribution in [0.3, 0.4) is 0 Å². The van der Waals surface area contributed by atoms with Gasteiger partial charge in [0, 0.05) is 6.42 Å². The first-order valence-corrected chi connectivity index (χ1v) is 13.9. The van der Waals surface area contributed by atoms with E-state index in [9.17, 15) is 5.11 Å². The lowest BCUT2D eigenvalue weighted by Gasteiger charge is -2.12. The summed E-state index contributed by atoms with van der Waals surface area (Å²) in [5.74, 6) is 1.46. The molecule has 0 fully saturated rings. The van der Waals surface area contributed by atoms with E-state index in [-0.39, 0.29) is 19.0 Å². The van der Waals surface area contributed by atoms with Crippen molar-refractivity contribution in [3.63, 3.8) is 0 Å². The highest BCUT2D eigenvalue weighted by molar-refractivity contribution is 5.78. The molecule has 1 N–H and O–H groups in total. The van der Waals surface area contributed by atoms with Crippen LogP contribution in [0.25, 0.3) is 0 Å². The summed E-state index contributed by atoms with van der Waals surface area (Å²) in [7, 11) is 0. The van der Waals surface area contributed by atoms with Crippen molar-refractivity contribution in [3.05, 3.63) is 35.9 Å². The lowest BCUT2D eigenvalue weighted by molar-refractivity contribution is -0.535. The van der Waals surface area contributed by atoms with E-state index in [1.54, 1.807) is 0 Å². The minimum atomic E-state index is 0. The Hall–Kier alpha value is -1.06. The van der Waals surface area contributed by atoms with Gasteiger partial charge in [-0.3, -0.25) is 9.48 Å². The average molecular weight is 479 g/mol. The van der Waals surface area contributed by atoms with Crippen molar-refractivity contribution >= 4 is 5.84 Å². The van der Waals surface area contributed by atoms with Crippen LogP contribution in [0.4, 0.5) is 0 Å². The zero-order valence-corrected chi connectivity index (χ0v) is 22.2. The summed E-state index contributed by atoms with van der Waals surface area (Å²) in [6.07, 6.45) is 22.3. The molecule has 1 aliphatic heterocycles. The Balaban J connectivity index is 0.00000544. The molecule has 1 heterocycles. The molecule has 0 amide bonds. The first-order valence-electron chi connectivity index (χ1n) is 13.9. The number of hydrogen-bond acceptors (Lipinski definition) is 2. The summed E-state index contributed by atoms with van der Waals surface area (Å²) in [5.41, 5.74) is 1.38. The van der Waals surface area contributed by atoms with Gasteiger partial charge < -0.3 is 17.5 Å². The standard InChI is InChI=1S/C29H51N2O.ClH/c1-2-3-4-5-6-7-8-9-10-11-12-13-14-15-19-22-29-30(25-26-32)23-24-31(29)27-28-20-17-16-18-21-28;/h16-18,20-21,32H,2-15,19,22-27H2,1H3;1H/q+1;/p-1. The molecule has 0 saturated heterocycles. The number of aliphatic hydroxyl groups excluding tert-OH is 1. The van der Waals surface area contributed by atoms with Crippen LogP contribution >= 0.6 is 0 Å². The van der Waals surface area contributed by atoms with Crippen LogP contribution in [0.15, 0.2) is 30.3 Å².